The van der Waals surface area contributed by atoms with Gasteiger partial charge in [-0.3, -0.25) is 4.79 Å². The zero-order valence-corrected chi connectivity index (χ0v) is 13.0. The SMILES string of the molecule is COC(=O)C(C)Cc1cc(N)ccc1Cc1ccc(N)cc1. The predicted molar refractivity (Wildman–Crippen MR) is 89.4 cm³/mol. The van der Waals surface area contributed by atoms with Crippen molar-refractivity contribution < 1.29 is 9.53 Å². The Kier molecular flexibility index (Phi) is 5.04. The minimum atomic E-state index is -0.208. The van der Waals surface area contributed by atoms with Crippen LogP contribution in [0.4, 0.5) is 11.4 Å². The van der Waals surface area contributed by atoms with E-state index in [4.69, 9.17) is 16.2 Å². The molecule has 0 saturated carbocycles. The minimum absolute atomic E-state index is 0.197. The van der Waals surface area contributed by atoms with Crippen LogP contribution in [-0.2, 0) is 22.4 Å². The summed E-state index contributed by atoms with van der Waals surface area (Å²) in [7, 11) is 1.41. The highest BCUT2D eigenvalue weighted by Crippen LogP contribution is 2.21. The Morgan fingerprint density at radius 3 is 2.32 bits per heavy atom. The van der Waals surface area contributed by atoms with Crippen LogP contribution in [0, 0.1) is 5.92 Å². The maximum Gasteiger partial charge on any atom is 0.308 e. The van der Waals surface area contributed by atoms with Gasteiger partial charge in [0.25, 0.3) is 0 Å². The van der Waals surface area contributed by atoms with Crippen LogP contribution in [0.3, 0.4) is 0 Å². The van der Waals surface area contributed by atoms with Gasteiger partial charge in [-0.1, -0.05) is 25.1 Å². The number of esters is 1. The van der Waals surface area contributed by atoms with E-state index in [1.54, 1.807) is 0 Å². The number of nitrogen functional groups attached to an aromatic ring is 2. The molecular weight excluding hydrogens is 276 g/mol. The van der Waals surface area contributed by atoms with E-state index in [1.165, 1.54) is 12.7 Å². The average Bonchev–Trinajstić information content (AvgIpc) is 2.51. The van der Waals surface area contributed by atoms with Crippen molar-refractivity contribution >= 4 is 17.3 Å². The summed E-state index contributed by atoms with van der Waals surface area (Å²) in [6, 6.07) is 13.7. The molecule has 4 nitrogen and oxygen atoms in total. The molecule has 0 aromatic heterocycles. The number of ether oxygens (including phenoxy) is 1. The van der Waals surface area contributed by atoms with E-state index in [1.807, 2.05) is 49.4 Å². The molecule has 0 bridgehead atoms. The zero-order valence-electron chi connectivity index (χ0n) is 13.0. The maximum absolute atomic E-state index is 11.6. The quantitative estimate of drug-likeness (QED) is 0.657. The van der Waals surface area contributed by atoms with Gasteiger partial charge in [0.1, 0.15) is 0 Å². The molecule has 0 fully saturated rings. The van der Waals surface area contributed by atoms with E-state index in [-0.39, 0.29) is 11.9 Å². The summed E-state index contributed by atoms with van der Waals surface area (Å²) in [6.45, 7) is 1.86. The molecule has 0 spiro atoms. The molecule has 1 unspecified atom stereocenters. The largest absolute Gasteiger partial charge is 0.469 e. The van der Waals surface area contributed by atoms with Crippen LogP contribution in [0.25, 0.3) is 0 Å². The van der Waals surface area contributed by atoms with E-state index >= 15 is 0 Å². The molecular formula is C18H22N2O2. The molecule has 0 radical (unpaired) electrons. The Balaban J connectivity index is 2.23. The fourth-order valence-electron chi connectivity index (χ4n) is 2.48. The number of nitrogens with two attached hydrogens (primary N) is 2. The lowest BCUT2D eigenvalue weighted by molar-refractivity contribution is -0.144. The average molecular weight is 298 g/mol. The molecule has 2 rings (SSSR count). The standard InChI is InChI=1S/C18H22N2O2/c1-12(18(21)22-2)9-15-11-17(20)8-5-14(15)10-13-3-6-16(19)7-4-13/h3-8,11-12H,9-10,19-20H2,1-2H3. The molecule has 0 aliphatic heterocycles. The number of methoxy groups -OCH3 is 1. The molecule has 1 atom stereocenters. The Morgan fingerprint density at radius 1 is 1.05 bits per heavy atom. The number of anilines is 2. The second-order valence-electron chi connectivity index (χ2n) is 5.57. The van der Waals surface area contributed by atoms with Crippen molar-refractivity contribution in [2.75, 3.05) is 18.6 Å². The lowest BCUT2D eigenvalue weighted by Crippen LogP contribution is -2.16. The van der Waals surface area contributed by atoms with Gasteiger partial charge in [-0.2, -0.15) is 0 Å². The number of hydrogen-bond acceptors (Lipinski definition) is 4. The maximum atomic E-state index is 11.6. The van der Waals surface area contributed by atoms with Crippen molar-refractivity contribution in [1.82, 2.24) is 0 Å². The Bertz CT molecular complexity index is 651. The van der Waals surface area contributed by atoms with Crippen molar-refractivity contribution in [3.05, 3.63) is 59.2 Å². The molecule has 22 heavy (non-hydrogen) atoms. The third-order valence-corrected chi connectivity index (χ3v) is 3.73. The van der Waals surface area contributed by atoms with Gasteiger partial charge in [0.05, 0.1) is 13.0 Å². The second-order valence-corrected chi connectivity index (χ2v) is 5.57. The molecule has 4 heteroatoms. The number of rotatable bonds is 5. The number of carbonyl (C=O) groups is 1. The Morgan fingerprint density at radius 2 is 1.68 bits per heavy atom. The lowest BCUT2D eigenvalue weighted by atomic mass is 9.93. The first kappa shape index (κ1) is 15.9. The summed E-state index contributed by atoms with van der Waals surface area (Å²) in [5, 5.41) is 0. The van der Waals surface area contributed by atoms with E-state index in [9.17, 15) is 4.79 Å². The highest BCUT2D eigenvalue weighted by molar-refractivity contribution is 5.72. The van der Waals surface area contributed by atoms with E-state index in [0.29, 0.717) is 12.1 Å². The molecule has 0 amide bonds. The molecule has 0 aliphatic rings. The Labute approximate surface area is 131 Å². The minimum Gasteiger partial charge on any atom is -0.469 e. The number of benzene rings is 2. The van der Waals surface area contributed by atoms with Gasteiger partial charge < -0.3 is 16.2 Å². The highest BCUT2D eigenvalue weighted by Gasteiger charge is 2.16. The summed E-state index contributed by atoms with van der Waals surface area (Å²) in [6.07, 6.45) is 1.39. The van der Waals surface area contributed by atoms with Crippen molar-refractivity contribution in [3.8, 4) is 0 Å². The van der Waals surface area contributed by atoms with Crippen LogP contribution in [0.5, 0.6) is 0 Å². The van der Waals surface area contributed by atoms with E-state index < -0.39 is 0 Å². The van der Waals surface area contributed by atoms with Crippen LogP contribution in [0.15, 0.2) is 42.5 Å². The molecule has 0 saturated heterocycles. The van der Waals surface area contributed by atoms with Crippen LogP contribution in [0.1, 0.15) is 23.6 Å². The van der Waals surface area contributed by atoms with Crippen molar-refractivity contribution in [2.45, 2.75) is 19.8 Å². The van der Waals surface area contributed by atoms with Crippen LogP contribution in [-0.4, -0.2) is 13.1 Å². The van der Waals surface area contributed by atoms with Gasteiger partial charge in [0, 0.05) is 11.4 Å². The first-order valence-corrected chi connectivity index (χ1v) is 7.29. The first-order chi connectivity index (χ1) is 10.5. The summed E-state index contributed by atoms with van der Waals surface area (Å²) in [4.78, 5) is 11.6. The molecule has 116 valence electrons. The van der Waals surface area contributed by atoms with E-state index in [2.05, 4.69) is 0 Å². The molecule has 0 heterocycles. The van der Waals surface area contributed by atoms with Gasteiger partial charge >= 0.3 is 5.97 Å². The monoisotopic (exact) mass is 298 g/mol. The number of hydrogen-bond donors (Lipinski definition) is 2. The lowest BCUT2D eigenvalue weighted by Gasteiger charge is -2.14. The van der Waals surface area contributed by atoms with Crippen LogP contribution >= 0.6 is 0 Å². The molecule has 4 N–H and O–H groups in total. The van der Waals surface area contributed by atoms with Crippen molar-refractivity contribution in [2.24, 2.45) is 5.92 Å². The van der Waals surface area contributed by atoms with E-state index in [0.717, 1.165) is 23.2 Å². The summed E-state index contributed by atoms with van der Waals surface area (Å²) in [5.41, 5.74) is 16.5. The molecule has 2 aromatic rings. The normalized spacial score (nSPS) is 11.9. The Hall–Kier alpha value is -2.49. The van der Waals surface area contributed by atoms with Gasteiger partial charge in [-0.25, -0.2) is 0 Å². The van der Waals surface area contributed by atoms with Crippen LogP contribution in [0.2, 0.25) is 0 Å². The van der Waals surface area contributed by atoms with Gasteiger partial charge in [-0.15, -0.1) is 0 Å². The topological polar surface area (TPSA) is 78.3 Å². The molecule has 0 aliphatic carbocycles. The van der Waals surface area contributed by atoms with Gasteiger partial charge in [-0.05, 0) is 53.8 Å². The first-order valence-electron chi connectivity index (χ1n) is 7.29. The summed E-state index contributed by atoms with van der Waals surface area (Å²) in [5.74, 6) is -0.405. The van der Waals surface area contributed by atoms with Crippen molar-refractivity contribution in [1.29, 1.82) is 0 Å². The highest BCUT2D eigenvalue weighted by atomic mass is 16.5. The summed E-state index contributed by atoms with van der Waals surface area (Å²) < 4.78 is 4.80. The zero-order chi connectivity index (χ0) is 16.1. The third-order valence-electron chi connectivity index (χ3n) is 3.73. The van der Waals surface area contributed by atoms with Gasteiger partial charge in [0.2, 0.25) is 0 Å². The predicted octanol–water partition coefficient (Wildman–Crippen LogP) is 2.79. The summed E-state index contributed by atoms with van der Waals surface area (Å²) >= 11 is 0. The second kappa shape index (κ2) is 6.98. The third kappa shape index (κ3) is 4.01. The smallest absolute Gasteiger partial charge is 0.308 e. The fourth-order valence-corrected chi connectivity index (χ4v) is 2.48. The molecule has 2 aromatic carbocycles. The number of carbonyl (C=O) groups excluding carboxylic acids is 1. The van der Waals surface area contributed by atoms with Crippen molar-refractivity contribution in [3.63, 3.8) is 0 Å². The van der Waals surface area contributed by atoms with Gasteiger partial charge in [0.15, 0.2) is 0 Å². The fraction of sp³-hybridized carbons (Fsp3) is 0.278. The van der Waals surface area contributed by atoms with Crippen LogP contribution < -0.4 is 11.5 Å².